The number of benzene rings is 2. The number of pyridine rings is 1. The first-order valence-corrected chi connectivity index (χ1v) is 12.0. The SMILES string of the molecule is COC(=O)C(CNC(=O)c1ccc(OCc2ccnc(-c3ccccc3)c2)cc1)N1CCCCC1. The molecule has 182 valence electrons. The Morgan fingerprint density at radius 2 is 1.74 bits per heavy atom. The van der Waals surface area contributed by atoms with Crippen LogP contribution < -0.4 is 10.1 Å². The van der Waals surface area contributed by atoms with E-state index >= 15 is 0 Å². The first-order chi connectivity index (χ1) is 17.1. The number of piperidine rings is 1. The maximum absolute atomic E-state index is 12.7. The van der Waals surface area contributed by atoms with E-state index in [0.29, 0.717) is 17.9 Å². The molecular weight excluding hydrogens is 442 g/mol. The molecule has 0 bridgehead atoms. The minimum Gasteiger partial charge on any atom is -0.489 e. The molecule has 0 spiro atoms. The second kappa shape index (κ2) is 12.1. The van der Waals surface area contributed by atoms with Crippen molar-refractivity contribution in [2.75, 3.05) is 26.7 Å². The van der Waals surface area contributed by atoms with Crippen molar-refractivity contribution in [1.82, 2.24) is 15.2 Å². The second-order valence-corrected chi connectivity index (χ2v) is 8.57. The standard InChI is InChI=1S/C28H31N3O4/c1-34-28(33)26(31-16-6-3-7-17-31)19-30-27(32)23-10-12-24(13-11-23)35-20-21-14-15-29-25(18-21)22-8-4-2-5-9-22/h2,4-5,8-15,18,26H,3,6-7,16-17,19-20H2,1H3,(H,30,32). The average Bonchev–Trinajstić information content (AvgIpc) is 2.93. The summed E-state index contributed by atoms with van der Waals surface area (Å²) in [6, 6.07) is 20.5. The molecule has 7 nitrogen and oxygen atoms in total. The van der Waals surface area contributed by atoms with Gasteiger partial charge in [-0.25, -0.2) is 0 Å². The maximum atomic E-state index is 12.7. The van der Waals surface area contributed by atoms with Crippen molar-refractivity contribution in [3.8, 4) is 17.0 Å². The molecule has 1 unspecified atom stereocenters. The Labute approximate surface area is 206 Å². The summed E-state index contributed by atoms with van der Waals surface area (Å²) in [5.74, 6) is 0.118. The summed E-state index contributed by atoms with van der Waals surface area (Å²) < 4.78 is 10.9. The van der Waals surface area contributed by atoms with E-state index in [4.69, 9.17) is 9.47 Å². The van der Waals surface area contributed by atoms with Crippen molar-refractivity contribution >= 4 is 11.9 Å². The maximum Gasteiger partial charge on any atom is 0.324 e. The summed E-state index contributed by atoms with van der Waals surface area (Å²) in [5, 5.41) is 2.88. The molecule has 1 fully saturated rings. The normalized spacial score (nSPS) is 14.7. The molecule has 1 atom stereocenters. The van der Waals surface area contributed by atoms with Crippen LogP contribution in [0.3, 0.4) is 0 Å². The molecule has 0 aliphatic carbocycles. The molecule has 1 aliphatic rings. The van der Waals surface area contributed by atoms with E-state index in [9.17, 15) is 9.59 Å². The minimum atomic E-state index is -0.465. The lowest BCUT2D eigenvalue weighted by atomic mass is 10.1. The third-order valence-electron chi connectivity index (χ3n) is 6.18. The molecule has 1 N–H and O–H groups in total. The largest absolute Gasteiger partial charge is 0.489 e. The monoisotopic (exact) mass is 473 g/mol. The smallest absolute Gasteiger partial charge is 0.324 e. The number of ether oxygens (including phenoxy) is 2. The molecule has 4 rings (SSSR count). The lowest BCUT2D eigenvalue weighted by molar-refractivity contribution is -0.147. The molecule has 2 aromatic carbocycles. The van der Waals surface area contributed by atoms with Crippen LogP contribution >= 0.6 is 0 Å². The van der Waals surface area contributed by atoms with Crippen molar-refractivity contribution in [1.29, 1.82) is 0 Å². The van der Waals surface area contributed by atoms with Gasteiger partial charge in [-0.3, -0.25) is 19.5 Å². The molecule has 3 aromatic rings. The molecule has 7 heteroatoms. The van der Waals surface area contributed by atoms with Gasteiger partial charge in [0.2, 0.25) is 0 Å². The Morgan fingerprint density at radius 1 is 1.00 bits per heavy atom. The van der Waals surface area contributed by atoms with Gasteiger partial charge in [0.05, 0.1) is 12.8 Å². The Bertz CT molecular complexity index is 1110. The van der Waals surface area contributed by atoms with Crippen LogP contribution in [0.4, 0.5) is 0 Å². The summed E-state index contributed by atoms with van der Waals surface area (Å²) in [6.45, 7) is 2.29. The highest BCUT2D eigenvalue weighted by Gasteiger charge is 2.28. The van der Waals surface area contributed by atoms with E-state index in [-0.39, 0.29) is 18.4 Å². The predicted molar refractivity (Wildman–Crippen MR) is 134 cm³/mol. The number of aromatic nitrogens is 1. The number of esters is 1. The van der Waals surface area contributed by atoms with E-state index in [2.05, 4.69) is 15.2 Å². The van der Waals surface area contributed by atoms with E-state index in [0.717, 1.165) is 42.8 Å². The number of amides is 1. The van der Waals surface area contributed by atoms with Gasteiger partial charge < -0.3 is 14.8 Å². The van der Waals surface area contributed by atoms with Crippen molar-refractivity contribution in [3.05, 3.63) is 84.1 Å². The fraction of sp³-hybridized carbons (Fsp3) is 0.321. The second-order valence-electron chi connectivity index (χ2n) is 8.57. The average molecular weight is 474 g/mol. The van der Waals surface area contributed by atoms with Crippen LogP contribution in [-0.4, -0.2) is 54.5 Å². The molecule has 0 radical (unpaired) electrons. The Morgan fingerprint density at radius 3 is 2.46 bits per heavy atom. The Balaban J connectivity index is 1.31. The minimum absolute atomic E-state index is 0.218. The van der Waals surface area contributed by atoms with Crippen molar-refractivity contribution in [2.24, 2.45) is 0 Å². The first-order valence-electron chi connectivity index (χ1n) is 12.0. The number of carbonyl (C=O) groups excluding carboxylic acids is 2. The van der Waals surface area contributed by atoms with Gasteiger partial charge in [0, 0.05) is 23.9 Å². The van der Waals surface area contributed by atoms with Gasteiger partial charge in [-0.2, -0.15) is 0 Å². The highest BCUT2D eigenvalue weighted by molar-refractivity contribution is 5.94. The zero-order valence-corrected chi connectivity index (χ0v) is 20.0. The van der Waals surface area contributed by atoms with Crippen molar-refractivity contribution in [3.63, 3.8) is 0 Å². The van der Waals surface area contributed by atoms with Gasteiger partial charge in [-0.15, -0.1) is 0 Å². The van der Waals surface area contributed by atoms with E-state index in [1.807, 2.05) is 42.5 Å². The van der Waals surface area contributed by atoms with Crippen molar-refractivity contribution in [2.45, 2.75) is 31.9 Å². The van der Waals surface area contributed by atoms with Crippen LogP contribution in [-0.2, 0) is 16.1 Å². The van der Waals surface area contributed by atoms with E-state index in [1.165, 1.54) is 13.5 Å². The fourth-order valence-corrected chi connectivity index (χ4v) is 4.22. The number of nitrogens with zero attached hydrogens (tertiary/aromatic N) is 2. The van der Waals surface area contributed by atoms with Crippen LogP contribution in [0, 0.1) is 0 Å². The quantitative estimate of drug-likeness (QED) is 0.472. The first kappa shape index (κ1) is 24.4. The lowest BCUT2D eigenvalue weighted by Gasteiger charge is -2.32. The van der Waals surface area contributed by atoms with Gasteiger partial charge >= 0.3 is 5.97 Å². The van der Waals surface area contributed by atoms with E-state index < -0.39 is 6.04 Å². The summed E-state index contributed by atoms with van der Waals surface area (Å²) in [7, 11) is 1.38. The topological polar surface area (TPSA) is 80.8 Å². The molecule has 35 heavy (non-hydrogen) atoms. The fourth-order valence-electron chi connectivity index (χ4n) is 4.22. The number of likely N-dealkylation sites (tertiary alicyclic amines) is 1. The number of hydrogen-bond acceptors (Lipinski definition) is 6. The number of nitrogens with one attached hydrogen (secondary N) is 1. The van der Waals surface area contributed by atoms with Gasteiger partial charge in [0.1, 0.15) is 18.4 Å². The Kier molecular flexibility index (Phi) is 8.46. The van der Waals surface area contributed by atoms with Gasteiger partial charge in [-0.1, -0.05) is 36.8 Å². The molecule has 1 saturated heterocycles. The van der Waals surface area contributed by atoms with Crippen LogP contribution in [0.25, 0.3) is 11.3 Å². The molecule has 1 aliphatic heterocycles. The Hall–Kier alpha value is -3.71. The molecular formula is C28H31N3O4. The summed E-state index contributed by atoms with van der Waals surface area (Å²) in [5.41, 5.74) is 3.47. The van der Waals surface area contributed by atoms with Crippen LogP contribution in [0.5, 0.6) is 5.75 Å². The van der Waals surface area contributed by atoms with Crippen LogP contribution in [0.1, 0.15) is 35.2 Å². The molecule has 1 amide bonds. The van der Waals surface area contributed by atoms with E-state index in [1.54, 1.807) is 30.5 Å². The number of carbonyl (C=O) groups is 2. The lowest BCUT2D eigenvalue weighted by Crippen LogP contribution is -2.50. The van der Waals surface area contributed by atoms with Crippen molar-refractivity contribution < 1.29 is 19.1 Å². The third-order valence-corrected chi connectivity index (χ3v) is 6.18. The number of hydrogen-bond donors (Lipinski definition) is 1. The number of rotatable bonds is 9. The molecule has 1 aromatic heterocycles. The summed E-state index contributed by atoms with van der Waals surface area (Å²) >= 11 is 0. The van der Waals surface area contributed by atoms with Gasteiger partial charge in [-0.05, 0) is 67.9 Å². The zero-order valence-electron chi connectivity index (χ0n) is 20.0. The highest BCUT2D eigenvalue weighted by atomic mass is 16.5. The predicted octanol–water partition coefficient (Wildman–Crippen LogP) is 4.08. The third kappa shape index (κ3) is 6.67. The molecule has 0 saturated carbocycles. The van der Waals surface area contributed by atoms with Crippen LogP contribution in [0.2, 0.25) is 0 Å². The number of methoxy groups -OCH3 is 1. The van der Waals surface area contributed by atoms with Gasteiger partial charge in [0.15, 0.2) is 0 Å². The summed E-state index contributed by atoms with van der Waals surface area (Å²) in [6.07, 6.45) is 5.05. The van der Waals surface area contributed by atoms with Crippen LogP contribution in [0.15, 0.2) is 72.9 Å². The summed E-state index contributed by atoms with van der Waals surface area (Å²) in [4.78, 5) is 31.5. The highest BCUT2D eigenvalue weighted by Crippen LogP contribution is 2.19. The van der Waals surface area contributed by atoms with Gasteiger partial charge in [0.25, 0.3) is 5.91 Å². The molecule has 2 heterocycles. The zero-order chi connectivity index (χ0) is 24.5.